The minimum Gasteiger partial charge on any atom is -0.459 e. The number of ether oxygens (including phenoxy) is 4. The summed E-state index contributed by atoms with van der Waals surface area (Å²) in [7, 11) is 0. The van der Waals surface area contributed by atoms with E-state index in [4.69, 9.17) is 18.9 Å². The number of nitrogens with zero attached hydrogens (tertiary/aromatic N) is 1. The summed E-state index contributed by atoms with van der Waals surface area (Å²) in [5, 5.41) is 0. The smallest absolute Gasteiger partial charge is 0.338 e. The molecule has 1 fully saturated rings. The first-order valence-electron chi connectivity index (χ1n) is 13.4. The van der Waals surface area contributed by atoms with E-state index in [2.05, 4.69) is 4.98 Å². The van der Waals surface area contributed by atoms with E-state index in [0.717, 1.165) is 4.57 Å². The van der Waals surface area contributed by atoms with Crippen LogP contribution in [0.5, 0.6) is 0 Å². The van der Waals surface area contributed by atoms with Crippen molar-refractivity contribution in [1.82, 2.24) is 9.55 Å². The van der Waals surface area contributed by atoms with Gasteiger partial charge in [0.15, 0.2) is 17.9 Å². The molecular formula is C32H28N2O9. The van der Waals surface area contributed by atoms with E-state index < -0.39 is 59.8 Å². The van der Waals surface area contributed by atoms with Crippen LogP contribution in [0.1, 0.15) is 49.8 Å². The Labute approximate surface area is 245 Å². The lowest BCUT2D eigenvalue weighted by atomic mass is 9.95. The molecule has 1 aliphatic heterocycles. The molecule has 0 spiro atoms. The van der Waals surface area contributed by atoms with Gasteiger partial charge in [-0.3, -0.25) is 14.3 Å². The van der Waals surface area contributed by atoms with Gasteiger partial charge in [0.25, 0.3) is 5.56 Å². The average molecular weight is 585 g/mol. The van der Waals surface area contributed by atoms with Crippen LogP contribution in [0.15, 0.2) is 107 Å². The first-order valence-corrected chi connectivity index (χ1v) is 13.4. The minimum absolute atomic E-state index is 0.178. The molecule has 4 atom stereocenters. The lowest BCUT2D eigenvalue weighted by Crippen LogP contribution is -2.52. The van der Waals surface area contributed by atoms with Crippen molar-refractivity contribution in [1.29, 1.82) is 0 Å². The fourth-order valence-electron chi connectivity index (χ4n) is 4.82. The molecule has 5 rings (SSSR count). The van der Waals surface area contributed by atoms with Gasteiger partial charge < -0.3 is 18.9 Å². The van der Waals surface area contributed by atoms with Gasteiger partial charge in [0.05, 0.1) is 16.7 Å². The van der Waals surface area contributed by atoms with E-state index in [1.807, 2.05) is 0 Å². The number of aromatic nitrogens is 2. The first kappa shape index (κ1) is 29.2. The minimum atomic E-state index is -1.85. The molecule has 3 aromatic carbocycles. The molecule has 0 saturated carbocycles. The van der Waals surface area contributed by atoms with E-state index in [1.54, 1.807) is 78.9 Å². The number of carbonyl (C=O) groups is 3. The number of aryl methyl sites for hydroxylation is 1. The van der Waals surface area contributed by atoms with E-state index in [0.29, 0.717) is 0 Å². The number of hydrogen-bond donors (Lipinski definition) is 1. The van der Waals surface area contributed by atoms with E-state index >= 15 is 0 Å². The van der Waals surface area contributed by atoms with Crippen molar-refractivity contribution in [2.75, 3.05) is 6.61 Å². The Hall–Kier alpha value is -5.29. The van der Waals surface area contributed by atoms with Crippen LogP contribution in [-0.2, 0) is 18.9 Å². The number of benzene rings is 3. The predicted molar refractivity (Wildman–Crippen MR) is 153 cm³/mol. The van der Waals surface area contributed by atoms with Crippen LogP contribution >= 0.6 is 0 Å². The van der Waals surface area contributed by atoms with Gasteiger partial charge in [0.2, 0.25) is 0 Å². The second-order valence-corrected chi connectivity index (χ2v) is 10.1. The SMILES string of the molecule is Cc1cn(C2OC(COC(=O)c3ccccc3)C(OC(=O)c3ccccc3)C2(C)OC(=O)c2ccccc2)c(=O)[nH]c1=O. The van der Waals surface area contributed by atoms with Crippen molar-refractivity contribution in [3.8, 4) is 0 Å². The van der Waals surface area contributed by atoms with Crippen molar-refractivity contribution in [3.63, 3.8) is 0 Å². The molecule has 1 aromatic heterocycles. The van der Waals surface area contributed by atoms with Gasteiger partial charge in [-0.15, -0.1) is 0 Å². The van der Waals surface area contributed by atoms with Crippen molar-refractivity contribution < 1.29 is 33.3 Å². The highest BCUT2D eigenvalue weighted by Crippen LogP contribution is 2.43. The summed E-state index contributed by atoms with van der Waals surface area (Å²) in [6.45, 7) is 2.52. The number of esters is 3. The third-order valence-corrected chi connectivity index (χ3v) is 7.05. The van der Waals surface area contributed by atoms with E-state index in [-0.39, 0.29) is 22.3 Å². The van der Waals surface area contributed by atoms with Crippen LogP contribution in [-0.4, -0.2) is 51.9 Å². The Morgan fingerprint density at radius 1 is 0.814 bits per heavy atom. The molecule has 2 heterocycles. The van der Waals surface area contributed by atoms with E-state index in [9.17, 15) is 24.0 Å². The third kappa shape index (κ3) is 6.16. The van der Waals surface area contributed by atoms with Crippen LogP contribution in [0.3, 0.4) is 0 Å². The number of carbonyl (C=O) groups excluding carboxylic acids is 3. The number of rotatable bonds is 8. The summed E-state index contributed by atoms with van der Waals surface area (Å²) in [4.78, 5) is 66.9. The second-order valence-electron chi connectivity index (χ2n) is 10.1. The standard InChI is InChI=1S/C32H28N2O9/c1-20-18-34(31(39)33-26(20)35)30-32(2,43-29(38)23-16-10-5-11-17-23)25(42-28(37)22-14-8-4-9-15-22)24(41-30)19-40-27(36)21-12-6-3-7-13-21/h3-18,24-25,30H,19H2,1-2H3,(H,33,35,39). The summed E-state index contributed by atoms with van der Waals surface area (Å²) in [5.41, 5.74) is -2.45. The Morgan fingerprint density at radius 3 is 1.88 bits per heavy atom. The maximum atomic E-state index is 13.4. The van der Waals surface area contributed by atoms with Gasteiger partial charge in [-0.05, 0) is 50.2 Å². The number of H-pyrrole nitrogens is 1. The third-order valence-electron chi connectivity index (χ3n) is 7.05. The quantitative estimate of drug-likeness (QED) is 0.243. The molecule has 0 bridgehead atoms. The Kier molecular flexibility index (Phi) is 8.35. The van der Waals surface area contributed by atoms with Gasteiger partial charge in [0.1, 0.15) is 12.7 Å². The molecule has 1 saturated heterocycles. The van der Waals surface area contributed by atoms with Gasteiger partial charge in [-0.1, -0.05) is 54.6 Å². The molecule has 1 N–H and O–H groups in total. The first-order chi connectivity index (χ1) is 20.7. The lowest BCUT2D eigenvalue weighted by molar-refractivity contribution is -0.111. The molecule has 11 heteroatoms. The molecule has 1 aliphatic rings. The monoisotopic (exact) mass is 584 g/mol. The van der Waals surface area contributed by atoms with Crippen LogP contribution < -0.4 is 11.2 Å². The topological polar surface area (TPSA) is 143 Å². The van der Waals surface area contributed by atoms with Gasteiger partial charge >= 0.3 is 23.6 Å². The Balaban J connectivity index is 1.57. The zero-order valence-electron chi connectivity index (χ0n) is 23.3. The highest BCUT2D eigenvalue weighted by molar-refractivity contribution is 5.91. The zero-order valence-corrected chi connectivity index (χ0v) is 23.3. The summed E-state index contributed by atoms with van der Waals surface area (Å²) in [6, 6.07) is 24.5. The molecule has 4 unspecified atom stereocenters. The molecule has 0 radical (unpaired) electrons. The van der Waals surface area contributed by atoms with Gasteiger partial charge in [0, 0.05) is 11.8 Å². The van der Waals surface area contributed by atoms with Crippen molar-refractivity contribution in [3.05, 3.63) is 140 Å². The molecule has 220 valence electrons. The van der Waals surface area contributed by atoms with Crippen molar-refractivity contribution >= 4 is 17.9 Å². The van der Waals surface area contributed by atoms with Crippen molar-refractivity contribution in [2.45, 2.75) is 37.9 Å². The zero-order chi connectivity index (χ0) is 30.6. The Bertz CT molecular complexity index is 1740. The predicted octanol–water partition coefficient (Wildman–Crippen LogP) is 3.44. The molecule has 11 nitrogen and oxygen atoms in total. The van der Waals surface area contributed by atoms with Gasteiger partial charge in [-0.2, -0.15) is 0 Å². The number of nitrogens with one attached hydrogen (secondary N) is 1. The van der Waals surface area contributed by atoms with Crippen LogP contribution in [0.25, 0.3) is 0 Å². The highest BCUT2D eigenvalue weighted by Gasteiger charge is 2.60. The fraction of sp³-hybridized carbons (Fsp3) is 0.219. The van der Waals surface area contributed by atoms with E-state index in [1.165, 1.54) is 32.2 Å². The Morgan fingerprint density at radius 2 is 1.33 bits per heavy atom. The number of aromatic amines is 1. The molecular weight excluding hydrogens is 556 g/mol. The highest BCUT2D eigenvalue weighted by atomic mass is 16.7. The van der Waals surface area contributed by atoms with Gasteiger partial charge in [-0.25, -0.2) is 19.2 Å². The summed E-state index contributed by atoms with van der Waals surface area (Å²) in [5.74, 6) is -2.21. The molecule has 4 aromatic rings. The van der Waals surface area contributed by atoms with Crippen molar-refractivity contribution in [2.24, 2.45) is 0 Å². The summed E-state index contributed by atoms with van der Waals surface area (Å²) < 4.78 is 24.7. The lowest BCUT2D eigenvalue weighted by Gasteiger charge is -2.34. The maximum Gasteiger partial charge on any atom is 0.338 e. The largest absolute Gasteiger partial charge is 0.459 e. The summed E-state index contributed by atoms with van der Waals surface area (Å²) in [6.07, 6.45) is -2.72. The van der Waals surface area contributed by atoms with Crippen LogP contribution in [0.4, 0.5) is 0 Å². The maximum absolute atomic E-state index is 13.4. The average Bonchev–Trinajstić information content (AvgIpc) is 3.28. The fourth-order valence-corrected chi connectivity index (χ4v) is 4.82. The molecule has 43 heavy (non-hydrogen) atoms. The van der Waals surface area contributed by atoms with Crippen LogP contribution in [0, 0.1) is 6.92 Å². The molecule has 0 aliphatic carbocycles. The number of hydrogen-bond acceptors (Lipinski definition) is 9. The normalized spacial score (nSPS) is 21.1. The summed E-state index contributed by atoms with van der Waals surface area (Å²) >= 11 is 0. The second kappa shape index (κ2) is 12.3. The van der Waals surface area contributed by atoms with Crippen LogP contribution in [0.2, 0.25) is 0 Å². The molecule has 0 amide bonds.